The lowest BCUT2D eigenvalue weighted by Gasteiger charge is -2.22. The minimum absolute atomic E-state index is 0.606. The van der Waals surface area contributed by atoms with Gasteiger partial charge in [-0.3, -0.25) is 0 Å². The third-order valence-corrected chi connectivity index (χ3v) is 13.7. The van der Waals surface area contributed by atoms with Gasteiger partial charge in [-0.25, -0.2) is 0 Å². The molecule has 0 N–H and O–H groups in total. The Morgan fingerprint density at radius 1 is 0.394 bits per heavy atom. The van der Waals surface area contributed by atoms with Crippen molar-refractivity contribution >= 4 is 5.57 Å². The van der Waals surface area contributed by atoms with Crippen LogP contribution in [0.25, 0.3) is 16.7 Å². The van der Waals surface area contributed by atoms with Crippen LogP contribution in [0.3, 0.4) is 0 Å². The van der Waals surface area contributed by atoms with Gasteiger partial charge in [-0.15, -0.1) is 0 Å². The van der Waals surface area contributed by atoms with Crippen molar-refractivity contribution in [3.8, 4) is 11.1 Å². The van der Waals surface area contributed by atoms with Gasteiger partial charge in [0.1, 0.15) is 0 Å². The van der Waals surface area contributed by atoms with Crippen molar-refractivity contribution in [2.24, 2.45) is 5.92 Å². The van der Waals surface area contributed by atoms with Crippen molar-refractivity contribution in [1.82, 2.24) is 0 Å². The van der Waals surface area contributed by atoms with E-state index in [1.54, 1.807) is 5.56 Å². The standard InChI is InChI=1S/C16H18.C15H22.C15H16.C14H16.C11H16/c1-13(2)16-10-8-15(9-11-16)12-14-6-4-3-5-7-14;2*1-12(2)13-8-10-15(11-9-13)14-6-4-3-5-7-14;1-11(2)12-7-9-14(10-8-12)13-5-3-4-6-13;1-9(2)8-11-6-4-10(3)5-7-11/h3-11,13H,12H2,1-2H3;8-12,14H,3-7H2,1-2H3;3-12H,1-2H3;3-5,7-11H,6H2,1-2H3;4-7,9H,8H2,1-3H3. The molecule has 0 radical (unpaired) electrons. The molecule has 372 valence electrons. The first-order valence-electron chi connectivity index (χ1n) is 27.1. The summed E-state index contributed by atoms with van der Waals surface area (Å²) in [5.74, 6) is 4.11. The van der Waals surface area contributed by atoms with E-state index < -0.39 is 0 Å². The summed E-state index contributed by atoms with van der Waals surface area (Å²) in [5, 5.41) is 0. The zero-order chi connectivity index (χ0) is 51.0. The normalized spacial score (nSPS) is 13.1. The Bertz CT molecular complexity index is 2540. The second kappa shape index (κ2) is 30.0. The Morgan fingerprint density at radius 3 is 1.25 bits per heavy atom. The highest BCUT2D eigenvalue weighted by atomic mass is 14.2. The summed E-state index contributed by atoms with van der Waals surface area (Å²) in [6.45, 7) is 24.5. The lowest BCUT2D eigenvalue weighted by molar-refractivity contribution is 0.443. The molecule has 1 saturated carbocycles. The molecule has 0 saturated heterocycles. The number of aryl methyl sites for hydroxylation is 1. The second-order valence-electron chi connectivity index (χ2n) is 21.5. The fourth-order valence-electron chi connectivity index (χ4n) is 9.07. The van der Waals surface area contributed by atoms with Crippen LogP contribution < -0.4 is 0 Å². The number of rotatable bonds is 11. The van der Waals surface area contributed by atoms with Crippen LogP contribution in [0.5, 0.6) is 0 Å². The molecular weight excluding hydrogens is 853 g/mol. The molecular formula is C71H88. The van der Waals surface area contributed by atoms with Gasteiger partial charge in [0.2, 0.25) is 0 Å². The SMILES string of the molecule is CC(C)c1ccc(-c2ccccc2)cc1.CC(C)c1ccc(C2=CC=CC2)cc1.CC(C)c1ccc(C2CCCCC2)cc1.CC(C)c1ccc(Cc2ccccc2)cc1.Cc1ccc(CC(C)C)cc1. The third-order valence-electron chi connectivity index (χ3n) is 13.7. The van der Waals surface area contributed by atoms with Gasteiger partial charge in [0.25, 0.3) is 0 Å². The van der Waals surface area contributed by atoms with Gasteiger partial charge in [0.15, 0.2) is 0 Å². The zero-order valence-corrected chi connectivity index (χ0v) is 45.7. The molecule has 0 aromatic heterocycles. The van der Waals surface area contributed by atoms with E-state index >= 15 is 0 Å². The fourth-order valence-corrected chi connectivity index (χ4v) is 9.07. The molecule has 0 unspecified atom stereocenters. The van der Waals surface area contributed by atoms with Crippen LogP contribution in [0.4, 0.5) is 0 Å². The molecule has 0 heteroatoms. The Hall–Kier alpha value is -5.98. The Morgan fingerprint density at radius 2 is 0.803 bits per heavy atom. The van der Waals surface area contributed by atoms with E-state index in [1.165, 1.54) is 105 Å². The maximum absolute atomic E-state index is 2.35. The monoisotopic (exact) mass is 941 g/mol. The second-order valence-corrected chi connectivity index (χ2v) is 21.5. The van der Waals surface area contributed by atoms with Gasteiger partial charge in [-0.05, 0) is 141 Å². The molecule has 7 aromatic rings. The van der Waals surface area contributed by atoms with Crippen LogP contribution in [0, 0.1) is 12.8 Å². The summed E-state index contributed by atoms with van der Waals surface area (Å²) in [4.78, 5) is 0. The lowest BCUT2D eigenvalue weighted by Crippen LogP contribution is -2.04. The van der Waals surface area contributed by atoms with Crippen LogP contribution in [0.1, 0.15) is 193 Å². The molecule has 1 fully saturated rings. The van der Waals surface area contributed by atoms with Crippen molar-refractivity contribution in [2.45, 2.75) is 157 Å². The summed E-state index contributed by atoms with van der Waals surface area (Å²) in [5.41, 5.74) is 18.2. The van der Waals surface area contributed by atoms with E-state index in [9.17, 15) is 0 Å². The maximum atomic E-state index is 2.35. The Kier molecular flexibility index (Phi) is 23.7. The maximum Gasteiger partial charge on any atom is -0.00258 e. The average molecular weight is 941 g/mol. The van der Waals surface area contributed by atoms with Crippen LogP contribution in [0.15, 0.2) is 200 Å². The number of hydrogen-bond donors (Lipinski definition) is 0. The van der Waals surface area contributed by atoms with Crippen LogP contribution in [-0.2, 0) is 12.8 Å². The lowest BCUT2D eigenvalue weighted by atomic mass is 9.83. The smallest absolute Gasteiger partial charge is 0.00258 e. The quantitative estimate of drug-likeness (QED) is 0.121. The summed E-state index contributed by atoms with van der Waals surface area (Å²) >= 11 is 0. The largest absolute Gasteiger partial charge is 0.0801 e. The van der Waals surface area contributed by atoms with Crippen LogP contribution in [0.2, 0.25) is 0 Å². The van der Waals surface area contributed by atoms with E-state index in [0.717, 1.165) is 24.7 Å². The first-order chi connectivity index (χ1) is 34.2. The molecule has 71 heavy (non-hydrogen) atoms. The highest BCUT2D eigenvalue weighted by Crippen LogP contribution is 2.33. The molecule has 0 spiro atoms. The third kappa shape index (κ3) is 20.0. The van der Waals surface area contributed by atoms with Crippen LogP contribution in [-0.4, -0.2) is 0 Å². The van der Waals surface area contributed by atoms with E-state index in [4.69, 9.17) is 0 Å². The van der Waals surface area contributed by atoms with E-state index in [-0.39, 0.29) is 0 Å². The summed E-state index contributed by atoms with van der Waals surface area (Å²) in [6.07, 6.45) is 16.9. The number of hydrogen-bond acceptors (Lipinski definition) is 0. The molecule has 0 aliphatic heterocycles. The van der Waals surface area contributed by atoms with E-state index in [2.05, 4.69) is 270 Å². The van der Waals surface area contributed by atoms with Crippen molar-refractivity contribution in [3.05, 3.63) is 256 Å². The molecule has 9 rings (SSSR count). The van der Waals surface area contributed by atoms with Gasteiger partial charge in [0.05, 0.1) is 0 Å². The van der Waals surface area contributed by atoms with Crippen LogP contribution >= 0.6 is 0 Å². The predicted octanol–water partition coefficient (Wildman–Crippen LogP) is 21.1. The first kappa shape index (κ1) is 55.9. The highest BCUT2D eigenvalue weighted by Gasteiger charge is 2.15. The zero-order valence-electron chi connectivity index (χ0n) is 45.7. The number of allylic oxidation sites excluding steroid dienone is 4. The van der Waals surface area contributed by atoms with Crippen molar-refractivity contribution < 1.29 is 0 Å². The van der Waals surface area contributed by atoms with Crippen molar-refractivity contribution in [2.75, 3.05) is 0 Å². The minimum Gasteiger partial charge on any atom is -0.0801 e. The highest BCUT2D eigenvalue weighted by molar-refractivity contribution is 5.71. The van der Waals surface area contributed by atoms with E-state index in [0.29, 0.717) is 23.7 Å². The van der Waals surface area contributed by atoms with Gasteiger partial charge < -0.3 is 0 Å². The molecule has 0 atom stereocenters. The summed E-state index contributed by atoms with van der Waals surface area (Å²) in [6, 6.07) is 65.9. The van der Waals surface area contributed by atoms with Gasteiger partial charge in [0, 0.05) is 0 Å². The van der Waals surface area contributed by atoms with Crippen molar-refractivity contribution in [3.63, 3.8) is 0 Å². The summed E-state index contributed by atoms with van der Waals surface area (Å²) in [7, 11) is 0. The minimum atomic E-state index is 0.606. The molecule has 2 aliphatic rings. The summed E-state index contributed by atoms with van der Waals surface area (Å²) < 4.78 is 0. The fraction of sp³-hybridized carbons (Fsp3) is 0.352. The molecule has 2 aliphatic carbocycles. The Labute approximate surface area is 433 Å². The van der Waals surface area contributed by atoms with Gasteiger partial charge in [-0.2, -0.15) is 0 Å². The van der Waals surface area contributed by atoms with E-state index in [1.807, 2.05) is 6.07 Å². The van der Waals surface area contributed by atoms with Gasteiger partial charge >= 0.3 is 0 Å². The topological polar surface area (TPSA) is 0 Å². The predicted molar refractivity (Wildman–Crippen MR) is 314 cm³/mol. The van der Waals surface area contributed by atoms with Crippen molar-refractivity contribution in [1.29, 1.82) is 0 Å². The number of benzene rings is 7. The first-order valence-corrected chi connectivity index (χ1v) is 27.1. The molecule has 0 heterocycles. The molecule has 7 aromatic carbocycles. The van der Waals surface area contributed by atoms with Gasteiger partial charge in [-0.1, -0.05) is 294 Å². The average Bonchev–Trinajstić information content (AvgIpc) is 3.95. The molecule has 0 nitrogen and oxygen atoms in total. The molecule has 0 bridgehead atoms. The molecule has 0 amide bonds. The Balaban J connectivity index is 0.000000166.